The van der Waals surface area contributed by atoms with Gasteiger partial charge in [0.1, 0.15) is 41.6 Å². The highest BCUT2D eigenvalue weighted by Crippen LogP contribution is 2.30. The number of nitrogens with one attached hydrogen (secondary N) is 7. The summed E-state index contributed by atoms with van der Waals surface area (Å²) in [6.07, 6.45) is 0.0235. The number of nitrogens with zero attached hydrogens (tertiary/aromatic N) is 2. The topological polar surface area (TPSA) is 301 Å². The van der Waals surface area contributed by atoms with Crippen molar-refractivity contribution in [3.63, 3.8) is 0 Å². The van der Waals surface area contributed by atoms with Crippen molar-refractivity contribution in [1.29, 1.82) is 0 Å². The van der Waals surface area contributed by atoms with Gasteiger partial charge in [0.15, 0.2) is 0 Å². The van der Waals surface area contributed by atoms with E-state index in [9.17, 15) is 48.6 Å². The second-order valence-electron chi connectivity index (χ2n) is 18.1. The third-order valence-corrected chi connectivity index (χ3v) is 12.7. The number of amides is 6. The highest BCUT2D eigenvalue weighted by molar-refractivity contribution is 8.00. The van der Waals surface area contributed by atoms with Crippen LogP contribution < -0.4 is 37.6 Å². The maximum Gasteiger partial charge on any atom is 0.351 e. The smallest absolute Gasteiger partial charge is 0.351 e. The van der Waals surface area contributed by atoms with Gasteiger partial charge in [-0.05, 0) is 47.9 Å². The maximum absolute atomic E-state index is 14.0. The Hall–Kier alpha value is -6.62. The second-order valence-corrected chi connectivity index (χ2v) is 19.3. The summed E-state index contributed by atoms with van der Waals surface area (Å²) in [5.41, 5.74) is 1.12. The van der Waals surface area contributed by atoms with Crippen LogP contribution in [0.15, 0.2) is 77.9 Å². The summed E-state index contributed by atoms with van der Waals surface area (Å²) in [6, 6.07) is 11.9. The molecule has 8 atom stereocenters. The number of carbonyl (C=O) groups is 7. The average Bonchev–Trinajstić information content (AvgIpc) is 3.98. The molecule has 4 aromatic rings. The maximum atomic E-state index is 14.0. The van der Waals surface area contributed by atoms with Gasteiger partial charge < -0.3 is 56.6 Å². The number of hydrogen-bond acceptors (Lipinski definition) is 14. The summed E-state index contributed by atoms with van der Waals surface area (Å²) in [5.74, 6) is -5.05. The van der Waals surface area contributed by atoms with Gasteiger partial charge in [0.2, 0.25) is 35.4 Å². The van der Waals surface area contributed by atoms with Gasteiger partial charge in [0, 0.05) is 55.2 Å². The van der Waals surface area contributed by atoms with Crippen LogP contribution in [-0.4, -0.2) is 127 Å². The number of aliphatic hydroxyl groups is 2. The lowest BCUT2D eigenvalue weighted by Crippen LogP contribution is -2.58. The Morgan fingerprint density at radius 3 is 2.21 bits per heavy atom. The lowest BCUT2D eigenvalue weighted by atomic mass is 9.95. The molecule has 71 heavy (non-hydrogen) atoms. The number of anilines is 1. The van der Waals surface area contributed by atoms with Crippen LogP contribution in [-0.2, 0) is 55.9 Å². The lowest BCUT2D eigenvalue weighted by Gasteiger charge is -2.30. The molecule has 2 aromatic carbocycles. The number of benzene rings is 2. The fourth-order valence-corrected chi connectivity index (χ4v) is 8.97. The van der Waals surface area contributed by atoms with Crippen LogP contribution in [0.1, 0.15) is 77.7 Å². The fraction of sp³-hybridized carbons (Fsp3) is 0.490. The molecule has 22 heteroatoms. The molecule has 0 spiro atoms. The van der Waals surface area contributed by atoms with E-state index in [0.29, 0.717) is 11.3 Å². The summed E-state index contributed by atoms with van der Waals surface area (Å²) >= 11 is 1.33. The van der Waals surface area contributed by atoms with Gasteiger partial charge in [-0.3, -0.25) is 33.3 Å². The van der Waals surface area contributed by atoms with Crippen molar-refractivity contribution in [2.24, 2.45) is 11.8 Å². The number of hydrogen-bond donors (Lipinski definition) is 9. The standard InChI is InChI=1S/C49H65N9O12S/c1-27(2)20-35(53-47(66)44(28(3)4)57-46(65)36(51-29(5)60)22-31-24-50-33-15-11-10-14-32(31)33)38(61)23-41(63)52-34(45(64)54-37(48(67)69-6)21-30-12-8-7-9-13-30)16-17-40(62)55-39-18-19-58(49(68)56-39)42-26-71-43(25-59)70-42/h7-15,18-19,24,27-28,34-38,42-44,50,59,61H,16-17,20-23,25-26H2,1-6H3,(H,51,60)(H,52,63)(H,53,66)(H,54,64)(H,57,65)(H,55,56,62,68)/t34-,35+,36-,37-,38+,42?,43?,44-/m0/s1. The number of fused-ring (bicyclic) bond motifs is 1. The molecule has 1 aliphatic heterocycles. The van der Waals surface area contributed by atoms with Gasteiger partial charge in [-0.15, -0.1) is 11.8 Å². The minimum Gasteiger partial charge on any atom is -0.467 e. The molecule has 21 nitrogen and oxygen atoms in total. The monoisotopic (exact) mass is 1000 g/mol. The second kappa shape index (κ2) is 26.6. The number of aromatic nitrogens is 3. The Bertz CT molecular complexity index is 2540. The van der Waals surface area contributed by atoms with Gasteiger partial charge in [-0.25, -0.2) is 9.59 Å². The number of rotatable bonds is 25. The summed E-state index contributed by atoms with van der Waals surface area (Å²) < 4.78 is 11.8. The third kappa shape index (κ3) is 16.5. The minimum absolute atomic E-state index is 0.0357. The molecule has 2 aromatic heterocycles. The van der Waals surface area contributed by atoms with E-state index in [0.717, 1.165) is 23.6 Å². The first-order chi connectivity index (χ1) is 33.8. The van der Waals surface area contributed by atoms with Crippen LogP contribution in [0.4, 0.5) is 5.82 Å². The molecule has 9 N–H and O–H groups in total. The zero-order valence-electron chi connectivity index (χ0n) is 40.6. The van der Waals surface area contributed by atoms with E-state index in [1.807, 2.05) is 38.1 Å². The molecule has 1 saturated heterocycles. The fourth-order valence-electron chi connectivity index (χ4n) is 8.04. The third-order valence-electron chi connectivity index (χ3n) is 11.6. The molecule has 0 bridgehead atoms. The SMILES string of the molecule is COC(=O)[C@H](Cc1ccccc1)NC(=O)[C@H](CCC(=O)Nc1ccn(C2CSC(CO)O2)c(=O)n1)NC(=O)C[C@@H](O)[C@@H](CC(C)C)NC(=O)[C@@H](NC(=O)[C@H](Cc1c[nH]c2ccccc12)NC(C)=O)C(C)C. The van der Waals surface area contributed by atoms with Crippen molar-refractivity contribution in [2.45, 2.75) is 121 Å². The van der Waals surface area contributed by atoms with Crippen molar-refractivity contribution in [2.75, 3.05) is 24.8 Å². The molecule has 384 valence electrons. The Kier molecular flexibility index (Phi) is 20.7. The largest absolute Gasteiger partial charge is 0.467 e. The lowest BCUT2D eigenvalue weighted by molar-refractivity contribution is -0.145. The van der Waals surface area contributed by atoms with Crippen LogP contribution in [0.5, 0.6) is 0 Å². The quantitative estimate of drug-likeness (QED) is 0.0426. The number of methoxy groups -OCH3 is 1. The normalized spacial score (nSPS) is 17.0. The van der Waals surface area contributed by atoms with Gasteiger partial charge >= 0.3 is 11.7 Å². The number of esters is 1. The molecule has 2 unspecified atom stereocenters. The number of ether oxygens (including phenoxy) is 2. The number of carbonyl (C=O) groups excluding carboxylic acids is 7. The van der Waals surface area contributed by atoms with Crippen molar-refractivity contribution in [3.05, 3.63) is 94.7 Å². The Morgan fingerprint density at radius 2 is 1.56 bits per heavy atom. The molecule has 0 saturated carbocycles. The van der Waals surface area contributed by atoms with Crippen LogP contribution in [0.3, 0.4) is 0 Å². The highest BCUT2D eigenvalue weighted by Gasteiger charge is 2.34. The van der Waals surface area contributed by atoms with Gasteiger partial charge in [0.05, 0.1) is 32.3 Å². The molecular weight excluding hydrogens is 939 g/mol. The first-order valence-electron chi connectivity index (χ1n) is 23.4. The van der Waals surface area contributed by atoms with Crippen LogP contribution in [0, 0.1) is 11.8 Å². The minimum atomic E-state index is -1.51. The van der Waals surface area contributed by atoms with Crippen molar-refractivity contribution in [3.8, 4) is 0 Å². The van der Waals surface area contributed by atoms with Crippen LogP contribution >= 0.6 is 11.8 Å². The van der Waals surface area contributed by atoms with E-state index < -0.39 is 107 Å². The predicted molar refractivity (Wildman–Crippen MR) is 264 cm³/mol. The molecule has 5 rings (SSSR count). The van der Waals surface area contributed by atoms with Crippen LogP contribution in [0.2, 0.25) is 0 Å². The van der Waals surface area contributed by atoms with Gasteiger partial charge in [-0.2, -0.15) is 4.98 Å². The molecule has 0 radical (unpaired) electrons. The molecular formula is C49H65N9O12S. The molecule has 1 aliphatic rings. The number of aromatic amines is 1. The van der Waals surface area contributed by atoms with Crippen molar-refractivity contribution in [1.82, 2.24) is 41.1 Å². The Balaban J connectivity index is 1.28. The molecule has 1 fully saturated rings. The van der Waals surface area contributed by atoms with E-state index >= 15 is 0 Å². The molecule has 3 heterocycles. The Morgan fingerprint density at radius 1 is 0.859 bits per heavy atom. The number of para-hydroxylation sites is 1. The first kappa shape index (κ1) is 55.3. The van der Waals surface area contributed by atoms with Crippen LogP contribution in [0.25, 0.3) is 10.9 Å². The van der Waals surface area contributed by atoms with Gasteiger partial charge in [0.25, 0.3) is 0 Å². The van der Waals surface area contributed by atoms with Crippen molar-refractivity contribution >= 4 is 69.9 Å². The van der Waals surface area contributed by atoms with E-state index in [1.54, 1.807) is 50.4 Å². The summed E-state index contributed by atoms with van der Waals surface area (Å²) in [4.78, 5) is 114. The number of H-pyrrole nitrogens is 1. The van der Waals surface area contributed by atoms with E-state index in [1.165, 1.54) is 35.5 Å². The Labute approximate surface area is 415 Å². The zero-order valence-corrected chi connectivity index (χ0v) is 41.5. The van der Waals surface area contributed by atoms with Gasteiger partial charge in [-0.1, -0.05) is 76.2 Å². The number of thioether (sulfide) groups is 1. The zero-order chi connectivity index (χ0) is 51.8. The summed E-state index contributed by atoms with van der Waals surface area (Å²) in [6.45, 7) is 8.21. The predicted octanol–water partition coefficient (Wildman–Crippen LogP) is 1.58. The van der Waals surface area contributed by atoms with Crippen molar-refractivity contribution < 1.29 is 53.2 Å². The first-order valence-corrected chi connectivity index (χ1v) is 24.5. The summed E-state index contributed by atoms with van der Waals surface area (Å²) in [7, 11) is 1.16. The molecule has 0 aliphatic carbocycles. The highest BCUT2D eigenvalue weighted by atomic mass is 32.2. The van der Waals surface area contributed by atoms with E-state index in [-0.39, 0.29) is 50.4 Å². The summed E-state index contributed by atoms with van der Waals surface area (Å²) in [5, 5.41) is 37.9. The molecule has 6 amide bonds. The average molecular weight is 1000 g/mol. The van der Waals surface area contributed by atoms with E-state index in [4.69, 9.17) is 9.47 Å². The van der Waals surface area contributed by atoms with E-state index in [2.05, 4.69) is 41.9 Å². The number of aliphatic hydroxyl groups excluding tert-OH is 2.